The van der Waals surface area contributed by atoms with Crippen LogP contribution in [0.4, 0.5) is 0 Å². The molecule has 104 valence electrons. The van der Waals surface area contributed by atoms with E-state index >= 15 is 0 Å². The topological polar surface area (TPSA) is 46.6 Å². The zero-order valence-corrected chi connectivity index (χ0v) is 12.8. The second kappa shape index (κ2) is 7.78. The molecule has 0 aliphatic heterocycles. The summed E-state index contributed by atoms with van der Waals surface area (Å²) in [6.07, 6.45) is 2.06. The third-order valence-corrected chi connectivity index (χ3v) is 5.01. The monoisotopic (exact) mass is 293 g/mol. The molecule has 0 bridgehead atoms. The zero-order chi connectivity index (χ0) is 14.3. The molecule has 0 unspecified atom stereocenters. The van der Waals surface area contributed by atoms with Gasteiger partial charge in [-0.25, -0.2) is 4.67 Å². The summed E-state index contributed by atoms with van der Waals surface area (Å²) < 4.78 is 18.4. The Labute approximate surface area is 114 Å². The molecule has 0 spiro atoms. The standard InChI is InChI=1S/C12H21ClNO3P/c1-6-8-14(18(13,16)7-2)11(9-10(3)4)12(15)17-5/h6-7,10-11H,1-2,8-9H2,3-5H3/t11-,18+/m0/s1. The van der Waals surface area contributed by atoms with Crippen LogP contribution in [0.1, 0.15) is 20.3 Å². The van der Waals surface area contributed by atoms with E-state index in [9.17, 15) is 9.36 Å². The van der Waals surface area contributed by atoms with Gasteiger partial charge in [0, 0.05) is 6.54 Å². The third-order valence-electron chi connectivity index (χ3n) is 2.42. The van der Waals surface area contributed by atoms with E-state index in [2.05, 4.69) is 13.2 Å². The van der Waals surface area contributed by atoms with Crippen molar-refractivity contribution in [3.8, 4) is 0 Å². The van der Waals surface area contributed by atoms with Crippen molar-refractivity contribution in [3.05, 3.63) is 25.1 Å². The van der Waals surface area contributed by atoms with Crippen molar-refractivity contribution < 1.29 is 14.1 Å². The number of esters is 1. The van der Waals surface area contributed by atoms with E-state index in [-0.39, 0.29) is 12.5 Å². The van der Waals surface area contributed by atoms with Crippen molar-refractivity contribution in [2.45, 2.75) is 26.3 Å². The SMILES string of the molecule is C=CCN([C@@H](CC(C)C)C(=O)OC)[P@](=O)(Cl)C=C. The molecule has 4 nitrogen and oxygen atoms in total. The van der Waals surface area contributed by atoms with Gasteiger partial charge in [-0.3, -0.25) is 9.36 Å². The lowest BCUT2D eigenvalue weighted by Gasteiger charge is -2.31. The fraction of sp³-hybridized carbons (Fsp3) is 0.583. The highest BCUT2D eigenvalue weighted by Crippen LogP contribution is 2.57. The molecule has 0 aromatic carbocycles. The Morgan fingerprint density at radius 3 is 2.39 bits per heavy atom. The highest BCUT2D eigenvalue weighted by Gasteiger charge is 2.36. The Morgan fingerprint density at radius 2 is 2.06 bits per heavy atom. The summed E-state index contributed by atoms with van der Waals surface area (Å²) in [7, 11) is 1.30. The maximum atomic E-state index is 12.2. The van der Waals surface area contributed by atoms with Crippen molar-refractivity contribution in [2.24, 2.45) is 5.92 Å². The molecule has 0 aromatic heterocycles. The molecule has 2 atom stereocenters. The predicted octanol–water partition coefficient (Wildman–Crippen LogP) is 3.64. The summed E-state index contributed by atoms with van der Waals surface area (Å²) in [5, 5.41) is 0. The minimum Gasteiger partial charge on any atom is -0.468 e. The number of rotatable bonds is 8. The zero-order valence-electron chi connectivity index (χ0n) is 11.1. The molecule has 18 heavy (non-hydrogen) atoms. The van der Waals surface area contributed by atoms with Crippen molar-refractivity contribution in [2.75, 3.05) is 13.7 Å². The maximum Gasteiger partial charge on any atom is 0.323 e. The second-order valence-electron chi connectivity index (χ2n) is 4.31. The highest BCUT2D eigenvalue weighted by atomic mass is 35.7. The first-order chi connectivity index (χ1) is 8.30. The Balaban J connectivity index is 5.33. The molecule has 0 aliphatic carbocycles. The average Bonchev–Trinajstić information content (AvgIpc) is 2.32. The number of methoxy groups -OCH3 is 1. The molecular formula is C12H21ClNO3P. The van der Waals surface area contributed by atoms with Gasteiger partial charge in [-0.1, -0.05) is 26.5 Å². The van der Waals surface area contributed by atoms with Gasteiger partial charge in [-0.15, -0.1) is 6.58 Å². The molecule has 0 fully saturated rings. The maximum absolute atomic E-state index is 12.2. The third kappa shape index (κ3) is 4.97. The molecule has 0 aliphatic rings. The van der Waals surface area contributed by atoms with E-state index in [0.717, 1.165) is 0 Å². The van der Waals surface area contributed by atoms with Crippen LogP contribution >= 0.6 is 17.9 Å². The van der Waals surface area contributed by atoms with Gasteiger partial charge in [0.1, 0.15) is 6.04 Å². The molecule has 0 saturated heterocycles. The largest absolute Gasteiger partial charge is 0.468 e. The lowest BCUT2D eigenvalue weighted by molar-refractivity contribution is -0.145. The fourth-order valence-electron chi connectivity index (χ4n) is 1.59. The Hall–Kier alpha value is -0.570. The van der Waals surface area contributed by atoms with Crippen LogP contribution in [0, 0.1) is 5.92 Å². The summed E-state index contributed by atoms with van der Waals surface area (Å²) in [6, 6.07) is -0.658. The lowest BCUT2D eigenvalue weighted by atomic mass is 10.0. The quantitative estimate of drug-likeness (QED) is 0.389. The van der Waals surface area contributed by atoms with Crippen LogP contribution < -0.4 is 0 Å². The highest BCUT2D eigenvalue weighted by molar-refractivity contribution is 7.89. The van der Waals surface area contributed by atoms with E-state index < -0.39 is 18.7 Å². The first kappa shape index (κ1) is 17.4. The van der Waals surface area contributed by atoms with Crippen LogP contribution in [0.15, 0.2) is 25.1 Å². The minimum absolute atomic E-state index is 0.235. The molecule has 0 rings (SSSR count). The van der Waals surface area contributed by atoms with E-state index in [1.54, 1.807) is 6.08 Å². The summed E-state index contributed by atoms with van der Waals surface area (Å²) in [6.45, 7) is 7.93. The van der Waals surface area contributed by atoms with E-state index in [0.29, 0.717) is 6.42 Å². The van der Waals surface area contributed by atoms with Crippen molar-refractivity contribution in [1.82, 2.24) is 4.67 Å². The number of hydrogen-bond acceptors (Lipinski definition) is 3. The molecule has 0 N–H and O–H groups in total. The minimum atomic E-state index is -3.28. The number of carbonyl (C=O) groups excluding carboxylic acids is 1. The van der Waals surface area contributed by atoms with Gasteiger partial charge in [-0.05, 0) is 29.4 Å². The van der Waals surface area contributed by atoms with Crippen LogP contribution in [0.5, 0.6) is 0 Å². The predicted molar refractivity (Wildman–Crippen MR) is 75.8 cm³/mol. The average molecular weight is 294 g/mol. The van der Waals surface area contributed by atoms with Crippen LogP contribution in [0.2, 0.25) is 0 Å². The van der Waals surface area contributed by atoms with Gasteiger partial charge in [0.05, 0.1) is 7.11 Å². The van der Waals surface area contributed by atoms with Gasteiger partial charge in [0.15, 0.2) is 0 Å². The van der Waals surface area contributed by atoms with Crippen molar-refractivity contribution in [1.29, 1.82) is 0 Å². The first-order valence-electron chi connectivity index (χ1n) is 5.69. The summed E-state index contributed by atoms with van der Waals surface area (Å²) in [5.74, 6) is 0.963. The van der Waals surface area contributed by atoms with Crippen LogP contribution in [-0.4, -0.2) is 30.3 Å². The van der Waals surface area contributed by atoms with E-state index in [1.165, 1.54) is 17.6 Å². The van der Waals surface area contributed by atoms with Gasteiger partial charge >= 0.3 is 5.97 Å². The molecule has 0 aromatic rings. The molecule has 0 heterocycles. The Bertz CT molecular complexity index is 357. The first-order valence-corrected chi connectivity index (χ1v) is 8.32. The van der Waals surface area contributed by atoms with Crippen LogP contribution in [-0.2, 0) is 14.1 Å². The van der Waals surface area contributed by atoms with Crippen LogP contribution in [0.25, 0.3) is 0 Å². The van der Waals surface area contributed by atoms with E-state index in [1.807, 2.05) is 13.8 Å². The number of halogens is 1. The Morgan fingerprint density at radius 1 is 1.50 bits per heavy atom. The Kier molecular flexibility index (Phi) is 7.53. The fourth-order valence-corrected chi connectivity index (χ4v) is 3.21. The number of carbonyl (C=O) groups is 1. The lowest BCUT2D eigenvalue weighted by Crippen LogP contribution is -2.39. The second-order valence-corrected chi connectivity index (χ2v) is 7.73. The number of hydrogen-bond donors (Lipinski definition) is 0. The van der Waals surface area contributed by atoms with Gasteiger partial charge in [0.2, 0.25) is 0 Å². The molecule has 0 saturated carbocycles. The van der Waals surface area contributed by atoms with Crippen molar-refractivity contribution >= 4 is 23.9 Å². The smallest absolute Gasteiger partial charge is 0.323 e. The molecular weight excluding hydrogens is 273 g/mol. The summed E-state index contributed by atoms with van der Waals surface area (Å²) in [5.41, 5.74) is 0. The van der Waals surface area contributed by atoms with Gasteiger partial charge < -0.3 is 4.74 Å². The van der Waals surface area contributed by atoms with Gasteiger partial charge in [0.25, 0.3) is 6.65 Å². The van der Waals surface area contributed by atoms with E-state index in [4.69, 9.17) is 16.0 Å². The van der Waals surface area contributed by atoms with Gasteiger partial charge in [-0.2, -0.15) is 0 Å². The number of ether oxygens (including phenoxy) is 1. The van der Waals surface area contributed by atoms with Crippen molar-refractivity contribution in [3.63, 3.8) is 0 Å². The normalized spacial score (nSPS) is 16.1. The number of nitrogens with zero attached hydrogens (tertiary/aromatic N) is 1. The molecule has 0 radical (unpaired) electrons. The molecule has 0 amide bonds. The van der Waals surface area contributed by atoms with Crippen LogP contribution in [0.3, 0.4) is 0 Å². The molecule has 6 heteroatoms. The summed E-state index contributed by atoms with van der Waals surface area (Å²) >= 11 is 5.95. The summed E-state index contributed by atoms with van der Waals surface area (Å²) in [4.78, 5) is 11.8.